The van der Waals surface area contributed by atoms with Gasteiger partial charge in [-0.2, -0.15) is 0 Å². The second-order valence-corrected chi connectivity index (χ2v) is 3.67. The number of aliphatic hydroxyl groups is 1. The number of hydrogen-bond donors (Lipinski definition) is 1. The molecule has 0 saturated carbocycles. The molecule has 0 radical (unpaired) electrons. The maximum absolute atomic E-state index is 10.0. The van der Waals surface area contributed by atoms with Crippen molar-refractivity contribution >= 4 is 28.3 Å². The first-order valence-electron chi connectivity index (χ1n) is 2.94. The van der Waals surface area contributed by atoms with E-state index in [9.17, 15) is 5.11 Å². The van der Waals surface area contributed by atoms with E-state index in [0.717, 1.165) is 0 Å². The Morgan fingerprint density at radius 1 is 1.73 bits per heavy atom. The standard InChI is InChI=1S/C6H11NO2S2/c1-7(2)6(10)11-4-3-5(8)9/h3,8-9H,4H2,1-2H3/p-1. The van der Waals surface area contributed by atoms with Gasteiger partial charge >= 0.3 is 0 Å². The third-order valence-electron chi connectivity index (χ3n) is 0.830. The third-order valence-corrected chi connectivity index (χ3v) is 2.49. The fraction of sp³-hybridized carbons (Fsp3) is 0.500. The Kier molecular flexibility index (Phi) is 5.06. The van der Waals surface area contributed by atoms with Gasteiger partial charge in [0.15, 0.2) is 0 Å². The average molecular weight is 192 g/mol. The first-order chi connectivity index (χ1) is 5.04. The van der Waals surface area contributed by atoms with Crippen LogP contribution in [0.2, 0.25) is 0 Å². The summed E-state index contributed by atoms with van der Waals surface area (Å²) in [5, 5.41) is 18.3. The van der Waals surface area contributed by atoms with Crippen LogP contribution in [0.3, 0.4) is 0 Å². The molecular formula is C6H10NO2S2-. The normalized spacial score (nSPS) is 11.3. The zero-order chi connectivity index (χ0) is 8.85. The first kappa shape index (κ1) is 10.6. The number of rotatable bonds is 2. The van der Waals surface area contributed by atoms with Crippen molar-refractivity contribution in [1.29, 1.82) is 0 Å². The van der Waals surface area contributed by atoms with E-state index in [1.165, 1.54) is 17.8 Å². The van der Waals surface area contributed by atoms with Gasteiger partial charge in [-0.25, -0.2) is 0 Å². The van der Waals surface area contributed by atoms with Gasteiger partial charge in [0.25, 0.3) is 0 Å². The molecule has 64 valence electrons. The lowest BCUT2D eigenvalue weighted by Crippen LogP contribution is -2.16. The Bertz CT molecular complexity index is 164. The smallest absolute Gasteiger partial charge is 0.136 e. The molecule has 11 heavy (non-hydrogen) atoms. The van der Waals surface area contributed by atoms with Crippen molar-refractivity contribution < 1.29 is 10.2 Å². The lowest BCUT2D eigenvalue weighted by Gasteiger charge is -2.11. The van der Waals surface area contributed by atoms with Crippen molar-refractivity contribution in [2.45, 2.75) is 0 Å². The van der Waals surface area contributed by atoms with Crippen LogP contribution < -0.4 is 5.11 Å². The highest BCUT2D eigenvalue weighted by Crippen LogP contribution is 2.06. The summed E-state index contributed by atoms with van der Waals surface area (Å²) < 4.78 is 0.697. The van der Waals surface area contributed by atoms with Crippen LogP contribution in [-0.4, -0.2) is 34.2 Å². The van der Waals surface area contributed by atoms with Crippen LogP contribution in [0.4, 0.5) is 0 Å². The van der Waals surface area contributed by atoms with Crippen LogP contribution in [0.15, 0.2) is 12.0 Å². The van der Waals surface area contributed by atoms with Crippen LogP contribution >= 0.6 is 24.0 Å². The van der Waals surface area contributed by atoms with Crippen molar-refractivity contribution in [2.75, 3.05) is 19.8 Å². The summed E-state index contributed by atoms with van der Waals surface area (Å²) in [4.78, 5) is 1.77. The molecule has 0 heterocycles. The summed E-state index contributed by atoms with van der Waals surface area (Å²) in [5.74, 6) is -0.481. The Morgan fingerprint density at radius 2 is 2.27 bits per heavy atom. The minimum absolute atomic E-state index is 0.423. The second kappa shape index (κ2) is 5.26. The highest BCUT2D eigenvalue weighted by atomic mass is 32.2. The predicted octanol–water partition coefficient (Wildman–Crippen LogP) is 0.326. The van der Waals surface area contributed by atoms with Crippen molar-refractivity contribution in [3.8, 4) is 0 Å². The molecule has 0 saturated heterocycles. The fourth-order valence-corrected chi connectivity index (χ4v) is 1.14. The lowest BCUT2D eigenvalue weighted by molar-refractivity contribution is -0.348. The molecule has 0 aromatic heterocycles. The molecule has 0 aromatic carbocycles. The van der Waals surface area contributed by atoms with Crippen LogP contribution in [-0.2, 0) is 0 Å². The minimum Gasteiger partial charge on any atom is -0.629 e. The first-order valence-corrected chi connectivity index (χ1v) is 4.33. The molecule has 0 unspecified atom stereocenters. The van der Waals surface area contributed by atoms with Gasteiger partial charge in [0.1, 0.15) is 4.32 Å². The van der Waals surface area contributed by atoms with Gasteiger partial charge in [0.05, 0.1) is 0 Å². The van der Waals surface area contributed by atoms with Crippen molar-refractivity contribution in [1.82, 2.24) is 4.90 Å². The van der Waals surface area contributed by atoms with Crippen LogP contribution in [0, 0.1) is 0 Å². The van der Waals surface area contributed by atoms with Crippen LogP contribution in [0.25, 0.3) is 0 Å². The Balaban J connectivity index is 3.56. The van der Waals surface area contributed by atoms with Crippen molar-refractivity contribution in [3.05, 3.63) is 12.0 Å². The van der Waals surface area contributed by atoms with Crippen molar-refractivity contribution in [3.63, 3.8) is 0 Å². The average Bonchev–Trinajstić information content (AvgIpc) is 1.86. The monoisotopic (exact) mass is 192 g/mol. The molecule has 0 rings (SSSR count). The number of hydrogen-bond acceptors (Lipinski definition) is 4. The molecule has 0 bridgehead atoms. The largest absolute Gasteiger partial charge is 0.629 e. The van der Waals surface area contributed by atoms with Gasteiger partial charge < -0.3 is 15.1 Å². The van der Waals surface area contributed by atoms with Crippen molar-refractivity contribution in [2.24, 2.45) is 0 Å². The van der Waals surface area contributed by atoms with Gasteiger partial charge in [-0.15, -0.1) is 0 Å². The molecule has 0 amide bonds. The van der Waals surface area contributed by atoms with E-state index < -0.39 is 5.95 Å². The summed E-state index contributed by atoms with van der Waals surface area (Å²) in [6, 6.07) is 0. The van der Waals surface area contributed by atoms with Gasteiger partial charge in [-0.05, 0) is 0 Å². The second-order valence-electron chi connectivity index (χ2n) is 2.01. The molecule has 0 spiro atoms. The van der Waals surface area contributed by atoms with E-state index >= 15 is 0 Å². The Hall–Kier alpha value is -0.420. The van der Waals surface area contributed by atoms with E-state index in [2.05, 4.69) is 0 Å². The van der Waals surface area contributed by atoms with Gasteiger partial charge in [0, 0.05) is 25.8 Å². The highest BCUT2D eigenvalue weighted by molar-refractivity contribution is 8.23. The van der Waals surface area contributed by atoms with E-state index in [-0.39, 0.29) is 0 Å². The molecule has 0 atom stereocenters. The van der Waals surface area contributed by atoms with E-state index in [1.807, 2.05) is 14.1 Å². The minimum atomic E-state index is -0.904. The molecular weight excluding hydrogens is 182 g/mol. The van der Waals surface area contributed by atoms with Gasteiger partial charge in [-0.1, -0.05) is 30.1 Å². The quantitative estimate of drug-likeness (QED) is 0.504. The van der Waals surface area contributed by atoms with E-state index in [0.29, 0.717) is 10.1 Å². The molecule has 0 aliphatic heterocycles. The van der Waals surface area contributed by atoms with E-state index in [1.54, 1.807) is 4.90 Å². The number of thiocarbonyl (C=S) groups is 1. The summed E-state index contributed by atoms with van der Waals surface area (Å²) in [6.07, 6.45) is 1.18. The number of aliphatic hydroxyl groups excluding tert-OH is 1. The Morgan fingerprint density at radius 3 is 2.64 bits per heavy atom. The molecule has 0 aromatic rings. The maximum Gasteiger partial charge on any atom is 0.136 e. The van der Waals surface area contributed by atoms with Gasteiger partial charge in [0.2, 0.25) is 0 Å². The Labute approximate surface area is 75.7 Å². The molecule has 0 aliphatic rings. The zero-order valence-corrected chi connectivity index (χ0v) is 8.04. The lowest BCUT2D eigenvalue weighted by atomic mass is 10.7. The highest BCUT2D eigenvalue weighted by Gasteiger charge is 1.96. The van der Waals surface area contributed by atoms with Gasteiger partial charge in [-0.3, -0.25) is 0 Å². The molecule has 1 N–H and O–H groups in total. The third kappa shape index (κ3) is 6.00. The van der Waals surface area contributed by atoms with E-state index in [4.69, 9.17) is 17.3 Å². The number of thioether (sulfide) groups is 1. The summed E-state index contributed by atoms with van der Waals surface area (Å²) >= 11 is 6.24. The van der Waals surface area contributed by atoms with Crippen LogP contribution in [0.1, 0.15) is 0 Å². The fourth-order valence-electron chi connectivity index (χ4n) is 0.313. The summed E-state index contributed by atoms with van der Waals surface area (Å²) in [6.45, 7) is 0. The maximum atomic E-state index is 10.0. The molecule has 0 fully saturated rings. The summed E-state index contributed by atoms with van der Waals surface area (Å²) in [5.41, 5.74) is 0. The van der Waals surface area contributed by atoms with Crippen LogP contribution in [0.5, 0.6) is 0 Å². The zero-order valence-electron chi connectivity index (χ0n) is 6.40. The molecule has 0 aliphatic carbocycles. The molecule has 5 heteroatoms. The molecule has 3 nitrogen and oxygen atoms in total. The predicted molar refractivity (Wildman–Crippen MR) is 49.5 cm³/mol. The summed E-state index contributed by atoms with van der Waals surface area (Å²) in [7, 11) is 3.66. The number of nitrogens with zero attached hydrogens (tertiary/aromatic N) is 1. The SMILES string of the molecule is CN(C)C(=S)SCC=C([O-])O. The topological polar surface area (TPSA) is 46.5 Å².